The third-order valence-electron chi connectivity index (χ3n) is 3.56. The van der Waals surface area contributed by atoms with E-state index in [1.807, 2.05) is 60.7 Å². The molecule has 126 valence electrons. The number of halogens is 1. The third kappa shape index (κ3) is 4.23. The van der Waals surface area contributed by atoms with Crippen molar-refractivity contribution in [2.75, 3.05) is 11.5 Å². The predicted molar refractivity (Wildman–Crippen MR) is 98.0 cm³/mol. The Bertz CT molecular complexity index is 686. The van der Waals surface area contributed by atoms with Crippen LogP contribution >= 0.6 is 15.9 Å². The maximum Gasteiger partial charge on any atom is 0.332 e. The first-order chi connectivity index (χ1) is 11.5. The molecule has 24 heavy (non-hydrogen) atoms. The van der Waals surface area contributed by atoms with Crippen LogP contribution in [0.2, 0.25) is 0 Å². The molecule has 1 amide bonds. The van der Waals surface area contributed by atoms with E-state index in [2.05, 4.69) is 15.9 Å². The normalized spacial score (nSPS) is 13.0. The van der Waals surface area contributed by atoms with E-state index < -0.39 is 10.3 Å². The van der Waals surface area contributed by atoms with Gasteiger partial charge in [-0.3, -0.25) is 4.79 Å². The molecule has 0 aliphatic carbocycles. The smallest absolute Gasteiger partial charge is 0.332 e. The summed E-state index contributed by atoms with van der Waals surface area (Å²) in [5.41, 5.74) is 1.70. The number of esters is 1. The summed E-state index contributed by atoms with van der Waals surface area (Å²) in [4.78, 5) is 26.8. The van der Waals surface area contributed by atoms with E-state index in [0.29, 0.717) is 6.54 Å². The van der Waals surface area contributed by atoms with Gasteiger partial charge in [-0.15, -0.1) is 0 Å². The van der Waals surface area contributed by atoms with Crippen molar-refractivity contribution < 1.29 is 14.3 Å². The summed E-state index contributed by atoms with van der Waals surface area (Å²) < 4.78 is 3.59. The Morgan fingerprint density at radius 1 is 1.04 bits per heavy atom. The highest BCUT2D eigenvalue weighted by molar-refractivity contribution is 9.10. The maximum atomic E-state index is 13.1. The number of hydrogen-bond donors (Lipinski definition) is 0. The molecule has 0 aromatic heterocycles. The number of alkyl halides is 1. The van der Waals surface area contributed by atoms with E-state index in [-0.39, 0.29) is 12.5 Å². The SMILES string of the molecule is CCOC(=O)C(C)(Br)C(=O)N(Cc1ccccc1)c1ccccc1. The molecule has 0 N–H and O–H groups in total. The monoisotopic (exact) mass is 389 g/mol. The van der Waals surface area contributed by atoms with Crippen molar-refractivity contribution in [2.24, 2.45) is 0 Å². The van der Waals surface area contributed by atoms with Crippen LogP contribution in [0.4, 0.5) is 5.69 Å². The summed E-state index contributed by atoms with van der Waals surface area (Å²) in [5, 5.41) is 0. The number of carbonyl (C=O) groups is 2. The molecule has 2 aromatic carbocycles. The van der Waals surface area contributed by atoms with Gasteiger partial charge in [0.2, 0.25) is 0 Å². The van der Waals surface area contributed by atoms with E-state index in [1.165, 1.54) is 6.92 Å². The van der Waals surface area contributed by atoms with Crippen LogP contribution in [0.3, 0.4) is 0 Å². The van der Waals surface area contributed by atoms with Gasteiger partial charge in [0.1, 0.15) is 0 Å². The zero-order chi connectivity index (χ0) is 17.6. The van der Waals surface area contributed by atoms with Gasteiger partial charge in [0.05, 0.1) is 13.2 Å². The zero-order valence-electron chi connectivity index (χ0n) is 13.7. The second-order valence-electron chi connectivity index (χ2n) is 5.44. The van der Waals surface area contributed by atoms with Crippen LogP contribution < -0.4 is 4.90 Å². The summed E-state index contributed by atoms with van der Waals surface area (Å²) >= 11 is 3.26. The first kappa shape index (κ1) is 18.2. The van der Waals surface area contributed by atoms with Crippen molar-refractivity contribution in [3.8, 4) is 0 Å². The number of para-hydroxylation sites is 1. The number of carbonyl (C=O) groups excluding carboxylic acids is 2. The van der Waals surface area contributed by atoms with Crippen LogP contribution in [-0.4, -0.2) is 22.8 Å². The molecule has 1 unspecified atom stereocenters. The Morgan fingerprint density at radius 2 is 1.58 bits per heavy atom. The largest absolute Gasteiger partial charge is 0.465 e. The summed E-state index contributed by atoms with van der Waals surface area (Å²) in [6.45, 7) is 3.82. The highest BCUT2D eigenvalue weighted by atomic mass is 79.9. The molecule has 4 nitrogen and oxygen atoms in total. The molecule has 0 aliphatic heterocycles. The number of rotatable bonds is 6. The minimum atomic E-state index is -1.44. The van der Waals surface area contributed by atoms with Crippen molar-refractivity contribution in [3.05, 3.63) is 66.2 Å². The van der Waals surface area contributed by atoms with Gasteiger partial charge in [-0.25, -0.2) is 4.79 Å². The van der Waals surface area contributed by atoms with Gasteiger partial charge < -0.3 is 9.64 Å². The molecule has 0 saturated carbocycles. The molecule has 0 saturated heterocycles. The van der Waals surface area contributed by atoms with Gasteiger partial charge in [-0.2, -0.15) is 0 Å². The van der Waals surface area contributed by atoms with Crippen LogP contribution in [-0.2, 0) is 20.9 Å². The lowest BCUT2D eigenvalue weighted by molar-refractivity contribution is -0.148. The van der Waals surface area contributed by atoms with Crippen LogP contribution in [0.15, 0.2) is 60.7 Å². The fraction of sp³-hybridized carbons (Fsp3) is 0.263. The summed E-state index contributed by atoms with van der Waals surface area (Å²) in [6, 6.07) is 18.9. The molecule has 0 radical (unpaired) electrons. The Hall–Kier alpha value is -2.14. The molecular weight excluding hydrogens is 370 g/mol. The highest BCUT2D eigenvalue weighted by Crippen LogP contribution is 2.27. The van der Waals surface area contributed by atoms with E-state index in [1.54, 1.807) is 11.8 Å². The van der Waals surface area contributed by atoms with Gasteiger partial charge in [-0.05, 0) is 31.5 Å². The van der Waals surface area contributed by atoms with Crippen LogP contribution in [0, 0.1) is 0 Å². The maximum absolute atomic E-state index is 13.1. The van der Waals surface area contributed by atoms with E-state index >= 15 is 0 Å². The zero-order valence-corrected chi connectivity index (χ0v) is 15.3. The molecule has 1 atom stereocenters. The number of hydrogen-bond acceptors (Lipinski definition) is 3. The van der Waals surface area contributed by atoms with Crippen molar-refractivity contribution in [1.29, 1.82) is 0 Å². The number of anilines is 1. The van der Waals surface area contributed by atoms with Crippen LogP contribution in [0.1, 0.15) is 19.4 Å². The minimum absolute atomic E-state index is 0.220. The Kier molecular flexibility index (Phi) is 6.15. The van der Waals surface area contributed by atoms with Crippen molar-refractivity contribution >= 4 is 33.5 Å². The highest BCUT2D eigenvalue weighted by Gasteiger charge is 2.43. The molecular formula is C19H20BrNO3. The standard InChI is InChI=1S/C19H20BrNO3/c1-3-24-18(23)19(2,20)17(22)21(16-12-8-5-9-13-16)14-15-10-6-4-7-11-15/h4-13H,3,14H2,1-2H3. The lowest BCUT2D eigenvalue weighted by atomic mass is 10.1. The predicted octanol–water partition coefficient (Wildman–Crippen LogP) is 3.94. The van der Waals surface area contributed by atoms with Gasteiger partial charge in [-0.1, -0.05) is 64.5 Å². The molecule has 5 heteroatoms. The Morgan fingerprint density at radius 3 is 2.12 bits per heavy atom. The van der Waals surface area contributed by atoms with Gasteiger partial charge in [0, 0.05) is 5.69 Å². The van der Waals surface area contributed by atoms with E-state index in [9.17, 15) is 9.59 Å². The molecule has 0 spiro atoms. The second kappa shape index (κ2) is 8.11. The van der Waals surface area contributed by atoms with Crippen molar-refractivity contribution in [3.63, 3.8) is 0 Å². The van der Waals surface area contributed by atoms with Crippen molar-refractivity contribution in [1.82, 2.24) is 0 Å². The lowest BCUT2D eigenvalue weighted by Crippen LogP contribution is -2.48. The van der Waals surface area contributed by atoms with Crippen LogP contribution in [0.25, 0.3) is 0 Å². The molecule has 0 fully saturated rings. The Balaban J connectivity index is 2.35. The van der Waals surface area contributed by atoms with E-state index in [4.69, 9.17) is 4.74 Å². The fourth-order valence-corrected chi connectivity index (χ4v) is 2.59. The van der Waals surface area contributed by atoms with Gasteiger partial charge in [0.25, 0.3) is 5.91 Å². The minimum Gasteiger partial charge on any atom is -0.465 e. The summed E-state index contributed by atoms with van der Waals surface area (Å²) in [5.74, 6) is -0.958. The first-order valence-electron chi connectivity index (χ1n) is 7.74. The summed E-state index contributed by atoms with van der Waals surface area (Å²) in [7, 11) is 0. The summed E-state index contributed by atoms with van der Waals surface area (Å²) in [6.07, 6.45) is 0. The second-order valence-corrected chi connectivity index (χ2v) is 7.02. The molecule has 0 aliphatic rings. The number of benzene rings is 2. The lowest BCUT2D eigenvalue weighted by Gasteiger charge is -2.29. The molecule has 2 aromatic rings. The first-order valence-corrected chi connectivity index (χ1v) is 8.53. The average molecular weight is 390 g/mol. The number of ether oxygens (including phenoxy) is 1. The van der Waals surface area contributed by atoms with Gasteiger partial charge in [0.15, 0.2) is 4.32 Å². The van der Waals surface area contributed by atoms with Crippen molar-refractivity contribution in [2.45, 2.75) is 24.7 Å². The topological polar surface area (TPSA) is 46.6 Å². The quantitative estimate of drug-likeness (QED) is 0.427. The van der Waals surface area contributed by atoms with Gasteiger partial charge >= 0.3 is 5.97 Å². The van der Waals surface area contributed by atoms with E-state index in [0.717, 1.165) is 11.3 Å². The Labute approximate surface area is 150 Å². The number of nitrogens with zero attached hydrogens (tertiary/aromatic N) is 1. The fourth-order valence-electron chi connectivity index (χ4n) is 2.26. The molecule has 0 heterocycles. The average Bonchev–Trinajstić information content (AvgIpc) is 2.61. The molecule has 0 bridgehead atoms. The van der Waals surface area contributed by atoms with Crippen LogP contribution in [0.5, 0.6) is 0 Å². The number of amides is 1. The molecule has 2 rings (SSSR count). The third-order valence-corrected chi connectivity index (χ3v) is 4.22.